The molecular weight excluding hydrogens is 210 g/mol. The summed E-state index contributed by atoms with van der Waals surface area (Å²) in [5.41, 5.74) is 0.473. The minimum atomic E-state index is -0.163. The highest BCUT2D eigenvalue weighted by Gasteiger charge is 2.04. The maximum Gasteiger partial charge on any atom is 0.248 e. The molecule has 0 aliphatic heterocycles. The lowest BCUT2D eigenvalue weighted by atomic mass is 10.4. The third kappa shape index (κ3) is 1.76. The highest BCUT2D eigenvalue weighted by Crippen LogP contribution is 2.23. The number of halogens is 1. The second kappa shape index (κ2) is 3.27. The molecule has 0 radical (unpaired) electrons. The third-order valence-electron chi connectivity index (χ3n) is 1.40. The van der Waals surface area contributed by atoms with Gasteiger partial charge in [-0.2, -0.15) is 0 Å². The summed E-state index contributed by atoms with van der Waals surface area (Å²) in [5, 5.41) is 8.04. The Labute approximate surface area is 82.2 Å². The summed E-state index contributed by atoms with van der Waals surface area (Å²) in [6, 6.07) is 4.84. The van der Waals surface area contributed by atoms with Gasteiger partial charge in [0.1, 0.15) is 0 Å². The average Bonchev–Trinajstić information content (AvgIpc) is 2.52. The lowest BCUT2D eigenvalue weighted by Gasteiger charge is -1.91. The molecule has 0 aliphatic carbocycles. The van der Waals surface area contributed by atoms with Gasteiger partial charge in [-0.1, -0.05) is 17.4 Å². The van der Waals surface area contributed by atoms with Crippen LogP contribution in [-0.2, 0) is 0 Å². The Kier molecular flexibility index (Phi) is 2.12. The fraction of sp³-hybridized carbons (Fsp3) is 0. The monoisotopic (exact) mass is 213 g/mol. The number of pyridine rings is 1. The van der Waals surface area contributed by atoms with Crippen LogP contribution in [0.3, 0.4) is 0 Å². The predicted molar refractivity (Wildman–Crippen MR) is 51.0 cm³/mol. The van der Waals surface area contributed by atoms with Gasteiger partial charge in [-0.15, -0.1) is 10.2 Å². The Morgan fingerprint density at radius 3 is 2.85 bits per heavy atom. The molecule has 0 unspecified atom stereocenters. The normalized spacial score (nSPS) is 10.2. The van der Waals surface area contributed by atoms with Gasteiger partial charge in [0.05, 0.1) is 5.69 Å². The van der Waals surface area contributed by atoms with Crippen LogP contribution in [0.2, 0.25) is 4.47 Å². The van der Waals surface area contributed by atoms with E-state index < -0.39 is 0 Å². The van der Waals surface area contributed by atoms with Crippen molar-refractivity contribution < 1.29 is 0 Å². The topological polar surface area (TPSA) is 58.6 Å². The molecule has 2 rings (SSSR count). The Bertz CT molecular complexity index is 478. The summed E-state index contributed by atoms with van der Waals surface area (Å²) in [5.74, 6) is 0. The van der Waals surface area contributed by atoms with Crippen molar-refractivity contribution in [3.63, 3.8) is 0 Å². The fourth-order valence-corrected chi connectivity index (χ4v) is 1.70. The van der Waals surface area contributed by atoms with E-state index in [1.54, 1.807) is 12.1 Å². The van der Waals surface area contributed by atoms with Crippen LogP contribution in [0.15, 0.2) is 23.0 Å². The summed E-state index contributed by atoms with van der Waals surface area (Å²) in [4.78, 5) is 13.6. The second-order valence-electron chi connectivity index (χ2n) is 2.29. The van der Waals surface area contributed by atoms with Gasteiger partial charge in [0.25, 0.3) is 0 Å². The van der Waals surface area contributed by atoms with Gasteiger partial charge in [0.2, 0.25) is 10.0 Å². The first-order valence-corrected chi connectivity index (χ1v) is 4.64. The molecule has 2 aromatic rings. The van der Waals surface area contributed by atoms with Crippen molar-refractivity contribution in [2.24, 2.45) is 0 Å². The average molecular weight is 214 g/mol. The first-order chi connectivity index (χ1) is 6.25. The number of hydrogen-bond acceptors (Lipinski definition) is 4. The van der Waals surface area contributed by atoms with Gasteiger partial charge < -0.3 is 4.98 Å². The molecule has 0 spiro atoms. The number of H-pyrrole nitrogens is 1. The molecular formula is C7H4ClN3OS. The number of hydrogen-bond donors (Lipinski definition) is 1. The van der Waals surface area contributed by atoms with E-state index in [1.165, 1.54) is 17.4 Å². The van der Waals surface area contributed by atoms with E-state index in [2.05, 4.69) is 15.2 Å². The summed E-state index contributed by atoms with van der Waals surface area (Å²) >= 11 is 6.83. The van der Waals surface area contributed by atoms with E-state index >= 15 is 0 Å². The fourth-order valence-electron chi connectivity index (χ4n) is 0.887. The van der Waals surface area contributed by atoms with Crippen LogP contribution < -0.4 is 5.56 Å². The standard InChI is InChI=1S/C7H4ClN3OS/c8-7-11-10-6(13-7)4-2-1-3-5(12)9-4/h1-3H,(H,9,12). The molecule has 2 heterocycles. The van der Waals surface area contributed by atoms with Crippen molar-refractivity contribution >= 4 is 22.9 Å². The molecule has 0 aliphatic rings. The van der Waals surface area contributed by atoms with Crippen molar-refractivity contribution in [1.82, 2.24) is 15.2 Å². The number of rotatable bonds is 1. The molecule has 6 heteroatoms. The summed E-state index contributed by atoms with van der Waals surface area (Å²) in [6.45, 7) is 0. The first kappa shape index (κ1) is 8.40. The lowest BCUT2D eigenvalue weighted by Crippen LogP contribution is -2.03. The molecule has 0 saturated heterocycles. The zero-order valence-corrected chi connectivity index (χ0v) is 7.89. The molecule has 13 heavy (non-hydrogen) atoms. The molecule has 0 saturated carbocycles. The van der Waals surface area contributed by atoms with Crippen LogP contribution in [0.5, 0.6) is 0 Å². The second-order valence-corrected chi connectivity index (χ2v) is 3.85. The number of nitrogens with zero attached hydrogens (tertiary/aromatic N) is 2. The van der Waals surface area contributed by atoms with Crippen molar-refractivity contribution in [2.75, 3.05) is 0 Å². The van der Waals surface area contributed by atoms with Crippen LogP contribution in [0.1, 0.15) is 0 Å². The Hall–Kier alpha value is -1.20. The van der Waals surface area contributed by atoms with Crippen LogP contribution >= 0.6 is 22.9 Å². The van der Waals surface area contributed by atoms with E-state index in [-0.39, 0.29) is 5.56 Å². The molecule has 2 aromatic heterocycles. The number of aromatic amines is 1. The Morgan fingerprint density at radius 1 is 1.38 bits per heavy atom. The Morgan fingerprint density at radius 2 is 2.23 bits per heavy atom. The van der Waals surface area contributed by atoms with Gasteiger partial charge in [0, 0.05) is 6.07 Å². The van der Waals surface area contributed by atoms with Crippen LogP contribution in [0.4, 0.5) is 0 Å². The molecule has 0 bridgehead atoms. The maximum absolute atomic E-state index is 10.9. The summed E-state index contributed by atoms with van der Waals surface area (Å²) < 4.78 is 0.361. The first-order valence-electron chi connectivity index (χ1n) is 3.44. The van der Waals surface area contributed by atoms with Crippen molar-refractivity contribution in [1.29, 1.82) is 0 Å². The van der Waals surface area contributed by atoms with E-state index in [0.717, 1.165) is 0 Å². The maximum atomic E-state index is 10.9. The highest BCUT2D eigenvalue weighted by atomic mass is 35.5. The molecule has 66 valence electrons. The molecule has 0 aromatic carbocycles. The van der Waals surface area contributed by atoms with E-state index in [0.29, 0.717) is 15.2 Å². The third-order valence-corrected chi connectivity index (χ3v) is 2.45. The lowest BCUT2D eigenvalue weighted by molar-refractivity contribution is 1.08. The largest absolute Gasteiger partial charge is 0.320 e. The van der Waals surface area contributed by atoms with E-state index in [4.69, 9.17) is 11.6 Å². The highest BCUT2D eigenvalue weighted by molar-refractivity contribution is 7.18. The number of nitrogens with one attached hydrogen (secondary N) is 1. The zero-order chi connectivity index (χ0) is 9.26. The van der Waals surface area contributed by atoms with Crippen LogP contribution in [0.25, 0.3) is 10.7 Å². The van der Waals surface area contributed by atoms with Gasteiger partial charge in [-0.25, -0.2) is 0 Å². The quantitative estimate of drug-likeness (QED) is 0.782. The van der Waals surface area contributed by atoms with Gasteiger partial charge in [-0.05, 0) is 17.7 Å². The van der Waals surface area contributed by atoms with Gasteiger partial charge >= 0.3 is 0 Å². The SMILES string of the molecule is O=c1cccc(-c2nnc(Cl)s2)[nH]1. The predicted octanol–water partition coefficient (Wildman–Crippen LogP) is 1.55. The summed E-state index contributed by atoms with van der Waals surface area (Å²) in [6.07, 6.45) is 0. The number of aromatic nitrogens is 3. The molecule has 0 amide bonds. The minimum Gasteiger partial charge on any atom is -0.320 e. The zero-order valence-electron chi connectivity index (χ0n) is 6.32. The van der Waals surface area contributed by atoms with Gasteiger partial charge in [-0.3, -0.25) is 4.79 Å². The van der Waals surface area contributed by atoms with E-state index in [9.17, 15) is 4.79 Å². The van der Waals surface area contributed by atoms with Crippen LogP contribution in [-0.4, -0.2) is 15.2 Å². The smallest absolute Gasteiger partial charge is 0.248 e. The Balaban J connectivity index is 2.52. The summed E-state index contributed by atoms with van der Waals surface area (Å²) in [7, 11) is 0. The van der Waals surface area contributed by atoms with Crippen LogP contribution in [0, 0.1) is 0 Å². The minimum absolute atomic E-state index is 0.163. The molecule has 1 N–H and O–H groups in total. The van der Waals surface area contributed by atoms with Gasteiger partial charge in [0.15, 0.2) is 5.01 Å². The molecule has 0 fully saturated rings. The van der Waals surface area contributed by atoms with Crippen molar-refractivity contribution in [2.45, 2.75) is 0 Å². The molecule has 4 nitrogen and oxygen atoms in total. The van der Waals surface area contributed by atoms with E-state index in [1.807, 2.05) is 0 Å². The van der Waals surface area contributed by atoms with Crippen molar-refractivity contribution in [3.8, 4) is 10.7 Å². The van der Waals surface area contributed by atoms with Crippen molar-refractivity contribution in [3.05, 3.63) is 33.0 Å². The molecule has 0 atom stereocenters.